The second kappa shape index (κ2) is 10.0. The van der Waals surface area contributed by atoms with E-state index in [1.54, 1.807) is 12.1 Å². The van der Waals surface area contributed by atoms with Crippen molar-refractivity contribution >= 4 is 15.7 Å². The van der Waals surface area contributed by atoms with E-state index in [1.807, 2.05) is 0 Å². The molecule has 2 N–H and O–H groups in total. The molecule has 0 saturated carbocycles. The number of nitrogens with zero attached hydrogens (tertiary/aromatic N) is 4. The molecule has 0 aliphatic rings. The summed E-state index contributed by atoms with van der Waals surface area (Å²) in [6, 6.07) is 4.85. The molecule has 0 aliphatic carbocycles. The smallest absolute Gasteiger partial charge is 0.384 e. The first-order valence-corrected chi connectivity index (χ1v) is 10.7. The number of halogens is 3. The second-order valence-electron chi connectivity index (χ2n) is 6.81. The number of aromatic nitrogens is 4. The summed E-state index contributed by atoms with van der Waals surface area (Å²) in [5, 5.41) is 16.5. The number of tetrazole rings is 1. The summed E-state index contributed by atoms with van der Waals surface area (Å²) in [6.45, 7) is 0.512. The zero-order valence-electron chi connectivity index (χ0n) is 16.3. The van der Waals surface area contributed by atoms with Gasteiger partial charge in [-0.1, -0.05) is 19.3 Å². The van der Waals surface area contributed by atoms with Crippen molar-refractivity contribution in [1.29, 1.82) is 0 Å². The highest BCUT2D eigenvalue weighted by molar-refractivity contribution is 7.89. The maximum atomic E-state index is 12.7. The number of alkyl halides is 3. The highest BCUT2D eigenvalue weighted by Gasteiger charge is 2.25. The van der Waals surface area contributed by atoms with Crippen LogP contribution in [-0.4, -0.2) is 60.2 Å². The number of anilines is 1. The Morgan fingerprint density at radius 3 is 2.41 bits per heavy atom. The fourth-order valence-electron chi connectivity index (χ4n) is 2.71. The molecule has 0 amide bonds. The molecule has 1 heterocycles. The number of hydrogen-bond acceptors (Lipinski definition) is 6. The van der Waals surface area contributed by atoms with E-state index < -0.39 is 22.6 Å². The van der Waals surface area contributed by atoms with Gasteiger partial charge in [0.2, 0.25) is 10.0 Å². The highest BCUT2D eigenvalue weighted by Crippen LogP contribution is 2.28. The minimum atomic E-state index is -4.09. The average Bonchev–Trinajstić information content (AvgIpc) is 3.17. The van der Waals surface area contributed by atoms with Crippen molar-refractivity contribution in [2.75, 3.05) is 26.0 Å². The van der Waals surface area contributed by atoms with Gasteiger partial charge in [-0.3, -0.25) is 0 Å². The summed E-state index contributed by atoms with van der Waals surface area (Å²) < 4.78 is 62.8. The van der Waals surface area contributed by atoms with Crippen LogP contribution in [0.4, 0.5) is 18.9 Å². The van der Waals surface area contributed by atoms with Crippen molar-refractivity contribution in [3.63, 3.8) is 0 Å². The van der Waals surface area contributed by atoms with E-state index in [0.717, 1.165) is 17.1 Å². The Labute approximate surface area is 167 Å². The predicted molar refractivity (Wildman–Crippen MR) is 103 cm³/mol. The van der Waals surface area contributed by atoms with Crippen LogP contribution >= 0.6 is 0 Å². The molecule has 0 unspecified atom stereocenters. The van der Waals surface area contributed by atoms with Crippen molar-refractivity contribution < 1.29 is 21.6 Å². The maximum absolute atomic E-state index is 12.7. The zero-order valence-corrected chi connectivity index (χ0v) is 17.1. The summed E-state index contributed by atoms with van der Waals surface area (Å²) in [5.74, 6) is 0.352. The number of benzene rings is 1. The van der Waals surface area contributed by atoms with Crippen LogP contribution in [-0.2, 0) is 10.0 Å². The number of rotatable bonds is 11. The van der Waals surface area contributed by atoms with Crippen LogP contribution in [0.2, 0.25) is 0 Å². The molecule has 0 radical (unpaired) electrons. The van der Waals surface area contributed by atoms with Crippen LogP contribution in [0.15, 0.2) is 23.1 Å². The van der Waals surface area contributed by atoms with Gasteiger partial charge in [0.15, 0.2) is 5.82 Å². The third-order valence-electron chi connectivity index (χ3n) is 4.31. The fraction of sp³-hybridized carbons (Fsp3) is 0.588. The molecule has 0 fully saturated rings. The lowest BCUT2D eigenvalue weighted by atomic mass is 10.1. The Morgan fingerprint density at radius 2 is 1.79 bits per heavy atom. The Morgan fingerprint density at radius 1 is 1.10 bits per heavy atom. The molecule has 0 saturated heterocycles. The molecule has 0 spiro atoms. The largest absolute Gasteiger partial charge is 0.389 e. The fourth-order valence-corrected chi connectivity index (χ4v) is 3.80. The first kappa shape index (κ1) is 23.1. The van der Waals surface area contributed by atoms with Gasteiger partial charge in [-0.2, -0.15) is 13.2 Å². The predicted octanol–water partition coefficient (Wildman–Crippen LogP) is 3.43. The van der Waals surface area contributed by atoms with Crippen LogP contribution in [0.5, 0.6) is 0 Å². The quantitative estimate of drug-likeness (QED) is 0.525. The van der Waals surface area contributed by atoms with Crippen molar-refractivity contribution in [3.05, 3.63) is 18.2 Å². The Hall–Kier alpha value is -2.21. The molecule has 1 aromatic carbocycles. The number of H-pyrrole nitrogens is 1. The molecule has 29 heavy (non-hydrogen) atoms. The molecule has 12 heteroatoms. The van der Waals surface area contributed by atoms with Gasteiger partial charge in [0.25, 0.3) is 0 Å². The van der Waals surface area contributed by atoms with Gasteiger partial charge in [0.1, 0.15) is 4.90 Å². The van der Waals surface area contributed by atoms with Gasteiger partial charge in [0, 0.05) is 32.6 Å². The van der Waals surface area contributed by atoms with E-state index in [0.29, 0.717) is 36.5 Å². The minimum Gasteiger partial charge on any atom is -0.384 e. The average molecular weight is 434 g/mol. The topological polar surface area (TPSA) is 104 Å². The summed E-state index contributed by atoms with van der Waals surface area (Å²) >= 11 is 0. The zero-order chi connectivity index (χ0) is 21.5. The van der Waals surface area contributed by atoms with Crippen LogP contribution in [0, 0.1) is 0 Å². The monoisotopic (exact) mass is 434 g/mol. The number of unbranched alkanes of at least 4 members (excludes halogenated alkanes) is 4. The molecule has 8 nitrogen and oxygen atoms in total. The lowest BCUT2D eigenvalue weighted by Gasteiger charge is -2.17. The van der Waals surface area contributed by atoms with Gasteiger partial charge < -0.3 is 5.32 Å². The SMILES string of the molecule is CN(C)S(=O)(=O)c1cc(-c2nnn[nH]2)ccc1NCCCCCCCC(F)(F)F. The van der Waals surface area contributed by atoms with E-state index in [2.05, 4.69) is 25.9 Å². The van der Waals surface area contributed by atoms with Crippen molar-refractivity contribution in [1.82, 2.24) is 24.9 Å². The number of sulfonamides is 1. The Balaban J connectivity index is 1.96. The van der Waals surface area contributed by atoms with E-state index in [-0.39, 0.29) is 11.3 Å². The molecular weight excluding hydrogens is 409 g/mol. The molecule has 2 rings (SSSR count). The molecular formula is C17H25F3N6O2S. The number of nitrogens with one attached hydrogen (secondary N) is 2. The van der Waals surface area contributed by atoms with Crippen molar-refractivity contribution in [2.24, 2.45) is 0 Å². The summed E-state index contributed by atoms with van der Waals surface area (Å²) in [4.78, 5) is 0.0987. The summed E-state index contributed by atoms with van der Waals surface area (Å²) in [7, 11) is -0.814. The second-order valence-corrected chi connectivity index (χ2v) is 8.93. The first-order valence-electron chi connectivity index (χ1n) is 9.22. The molecule has 0 bridgehead atoms. The van der Waals surface area contributed by atoms with Crippen LogP contribution in [0.1, 0.15) is 38.5 Å². The lowest BCUT2D eigenvalue weighted by molar-refractivity contribution is -0.135. The number of aromatic amines is 1. The normalized spacial score (nSPS) is 12.5. The highest BCUT2D eigenvalue weighted by atomic mass is 32.2. The maximum Gasteiger partial charge on any atom is 0.389 e. The van der Waals surface area contributed by atoms with Gasteiger partial charge in [0.05, 0.1) is 5.69 Å². The molecule has 0 atom stereocenters. The Kier molecular flexibility index (Phi) is 7.96. The number of hydrogen-bond donors (Lipinski definition) is 2. The van der Waals surface area contributed by atoms with Crippen LogP contribution in [0.3, 0.4) is 0 Å². The molecule has 0 aliphatic heterocycles. The van der Waals surface area contributed by atoms with E-state index in [4.69, 9.17) is 0 Å². The Bertz CT molecular complexity index is 870. The molecule has 162 valence electrons. The van der Waals surface area contributed by atoms with Gasteiger partial charge >= 0.3 is 6.18 Å². The van der Waals surface area contributed by atoms with Gasteiger partial charge in [-0.25, -0.2) is 17.8 Å². The van der Waals surface area contributed by atoms with E-state index in [1.165, 1.54) is 20.2 Å². The lowest BCUT2D eigenvalue weighted by Crippen LogP contribution is -2.23. The van der Waals surface area contributed by atoms with Gasteiger partial charge in [-0.05, 0) is 41.5 Å². The van der Waals surface area contributed by atoms with Crippen molar-refractivity contribution in [3.8, 4) is 11.4 Å². The third-order valence-corrected chi connectivity index (χ3v) is 6.17. The third kappa shape index (κ3) is 6.96. The summed E-state index contributed by atoms with van der Waals surface area (Å²) in [6.07, 6.45) is -1.98. The van der Waals surface area contributed by atoms with Crippen LogP contribution < -0.4 is 5.32 Å². The molecule has 2 aromatic rings. The van der Waals surface area contributed by atoms with Crippen molar-refractivity contribution in [2.45, 2.75) is 49.6 Å². The standard InChI is InChI=1S/C17H25F3N6O2S/c1-26(2)29(27,28)15-12-13(16-22-24-25-23-16)8-9-14(15)21-11-7-5-3-4-6-10-17(18,19)20/h8-9,12,21H,3-7,10-11H2,1-2H3,(H,22,23,24,25). The van der Waals surface area contributed by atoms with Gasteiger partial charge in [-0.15, -0.1) is 5.10 Å². The summed E-state index contributed by atoms with van der Waals surface area (Å²) in [5.41, 5.74) is 0.984. The van der Waals surface area contributed by atoms with E-state index in [9.17, 15) is 21.6 Å². The molecule has 1 aromatic heterocycles. The van der Waals surface area contributed by atoms with E-state index >= 15 is 0 Å². The minimum absolute atomic E-state index is 0.0987. The van der Waals surface area contributed by atoms with Crippen LogP contribution in [0.25, 0.3) is 11.4 Å². The first-order chi connectivity index (χ1) is 13.6.